The first kappa shape index (κ1) is 15.5. The van der Waals surface area contributed by atoms with Crippen molar-refractivity contribution in [3.63, 3.8) is 0 Å². The minimum atomic E-state index is -0.670. The maximum atomic E-state index is 13.1. The summed E-state index contributed by atoms with van der Waals surface area (Å²) in [5.74, 6) is -0.653. The SMILES string of the molecule is CCOC(=O)C1=C(C)NC(NC#N)=N[C@H]1c1ccc(F)cc1. The average molecular weight is 302 g/mol. The lowest BCUT2D eigenvalue weighted by molar-refractivity contribution is -0.138. The predicted molar refractivity (Wildman–Crippen MR) is 77.8 cm³/mol. The average Bonchev–Trinajstić information content (AvgIpc) is 2.48. The largest absolute Gasteiger partial charge is 0.463 e. The molecule has 0 saturated carbocycles. The Kier molecular flexibility index (Phi) is 4.73. The Balaban J connectivity index is 2.45. The Hall–Kier alpha value is -2.88. The molecule has 1 heterocycles. The first-order valence-corrected chi connectivity index (χ1v) is 6.70. The molecule has 1 aliphatic heterocycles. The van der Waals surface area contributed by atoms with Crippen LogP contribution in [0, 0.1) is 17.3 Å². The lowest BCUT2D eigenvalue weighted by atomic mass is 9.96. The molecular formula is C15H15FN4O2. The molecule has 114 valence electrons. The van der Waals surface area contributed by atoms with Gasteiger partial charge in [-0.3, -0.25) is 5.32 Å². The van der Waals surface area contributed by atoms with Crippen molar-refractivity contribution in [2.45, 2.75) is 19.9 Å². The quantitative estimate of drug-likeness (QED) is 0.504. The number of hydrogen-bond acceptors (Lipinski definition) is 6. The number of allylic oxidation sites excluding steroid dienone is 1. The number of esters is 1. The zero-order chi connectivity index (χ0) is 16.1. The van der Waals surface area contributed by atoms with Gasteiger partial charge in [0.25, 0.3) is 0 Å². The van der Waals surface area contributed by atoms with E-state index in [-0.39, 0.29) is 18.4 Å². The summed E-state index contributed by atoms with van der Waals surface area (Å²) < 4.78 is 18.2. The van der Waals surface area contributed by atoms with E-state index >= 15 is 0 Å². The van der Waals surface area contributed by atoms with E-state index in [0.717, 1.165) is 0 Å². The number of halogens is 1. The van der Waals surface area contributed by atoms with Gasteiger partial charge in [0.05, 0.1) is 12.2 Å². The van der Waals surface area contributed by atoms with E-state index < -0.39 is 12.0 Å². The summed E-state index contributed by atoms with van der Waals surface area (Å²) >= 11 is 0. The third kappa shape index (κ3) is 3.23. The molecule has 0 fully saturated rings. The number of nitriles is 1. The van der Waals surface area contributed by atoms with Crippen LogP contribution < -0.4 is 10.6 Å². The summed E-state index contributed by atoms with van der Waals surface area (Å²) in [5.41, 5.74) is 1.49. The third-order valence-corrected chi connectivity index (χ3v) is 3.10. The van der Waals surface area contributed by atoms with Crippen molar-refractivity contribution in [2.24, 2.45) is 4.99 Å². The highest BCUT2D eigenvalue weighted by atomic mass is 19.1. The van der Waals surface area contributed by atoms with E-state index in [4.69, 9.17) is 10.00 Å². The van der Waals surface area contributed by atoms with E-state index in [0.29, 0.717) is 16.8 Å². The molecule has 0 aliphatic carbocycles. The Morgan fingerprint density at radius 2 is 2.18 bits per heavy atom. The van der Waals surface area contributed by atoms with Gasteiger partial charge in [-0.2, -0.15) is 5.26 Å². The van der Waals surface area contributed by atoms with Crippen LogP contribution in [0.5, 0.6) is 0 Å². The monoisotopic (exact) mass is 302 g/mol. The fourth-order valence-corrected chi connectivity index (χ4v) is 2.15. The highest BCUT2D eigenvalue weighted by molar-refractivity contribution is 5.95. The molecule has 1 aromatic rings. The topological polar surface area (TPSA) is 86.5 Å². The van der Waals surface area contributed by atoms with Crippen LogP contribution in [0.4, 0.5) is 4.39 Å². The second kappa shape index (κ2) is 6.72. The molecule has 7 heteroatoms. The van der Waals surface area contributed by atoms with Crippen LogP contribution >= 0.6 is 0 Å². The third-order valence-electron chi connectivity index (χ3n) is 3.10. The number of hydrogen-bond donors (Lipinski definition) is 2. The number of ether oxygens (including phenoxy) is 1. The molecule has 6 nitrogen and oxygen atoms in total. The van der Waals surface area contributed by atoms with Gasteiger partial charge in [0, 0.05) is 5.70 Å². The number of carbonyl (C=O) groups is 1. The molecule has 0 radical (unpaired) electrons. The van der Waals surface area contributed by atoms with Gasteiger partial charge in [0.2, 0.25) is 5.96 Å². The molecule has 0 bridgehead atoms. The molecule has 0 saturated heterocycles. The molecule has 2 rings (SSSR count). The lowest BCUT2D eigenvalue weighted by Crippen LogP contribution is -2.39. The number of nitrogens with one attached hydrogen (secondary N) is 2. The maximum Gasteiger partial charge on any atom is 0.338 e. The predicted octanol–water partition coefficient (Wildman–Crippen LogP) is 1.73. The first-order valence-electron chi connectivity index (χ1n) is 6.70. The van der Waals surface area contributed by atoms with Crippen molar-refractivity contribution < 1.29 is 13.9 Å². The van der Waals surface area contributed by atoms with Crippen LogP contribution in [0.2, 0.25) is 0 Å². The molecule has 0 unspecified atom stereocenters. The van der Waals surface area contributed by atoms with Crippen LogP contribution in [-0.4, -0.2) is 18.5 Å². The zero-order valence-electron chi connectivity index (χ0n) is 12.2. The highest BCUT2D eigenvalue weighted by Gasteiger charge is 2.30. The minimum absolute atomic E-state index is 0.224. The number of guanidine groups is 1. The van der Waals surface area contributed by atoms with Crippen molar-refractivity contribution >= 4 is 11.9 Å². The van der Waals surface area contributed by atoms with Crippen LogP contribution in [0.3, 0.4) is 0 Å². The molecule has 1 aromatic carbocycles. The number of benzene rings is 1. The minimum Gasteiger partial charge on any atom is -0.463 e. The van der Waals surface area contributed by atoms with Gasteiger partial charge in [-0.15, -0.1) is 0 Å². The van der Waals surface area contributed by atoms with Crippen molar-refractivity contribution in [3.05, 3.63) is 46.9 Å². The molecule has 0 aromatic heterocycles. The van der Waals surface area contributed by atoms with Gasteiger partial charge in [0.1, 0.15) is 11.9 Å². The van der Waals surface area contributed by atoms with Crippen molar-refractivity contribution in [1.82, 2.24) is 10.6 Å². The molecule has 0 spiro atoms. The normalized spacial score (nSPS) is 17.2. The van der Waals surface area contributed by atoms with Crippen LogP contribution in [0.25, 0.3) is 0 Å². The highest BCUT2D eigenvalue weighted by Crippen LogP contribution is 2.31. The Morgan fingerprint density at radius 1 is 1.50 bits per heavy atom. The summed E-state index contributed by atoms with van der Waals surface area (Å²) in [6.07, 6.45) is 1.77. The molecule has 2 N–H and O–H groups in total. The Bertz CT molecular complexity index is 674. The van der Waals surface area contributed by atoms with Crippen LogP contribution in [0.1, 0.15) is 25.5 Å². The van der Waals surface area contributed by atoms with Crippen molar-refractivity contribution in [3.8, 4) is 6.19 Å². The molecule has 0 amide bonds. The van der Waals surface area contributed by atoms with Crippen LogP contribution in [0.15, 0.2) is 40.5 Å². The summed E-state index contributed by atoms with van der Waals surface area (Å²) in [4.78, 5) is 16.5. The van der Waals surface area contributed by atoms with E-state index in [2.05, 4.69) is 15.6 Å². The van der Waals surface area contributed by atoms with E-state index in [1.54, 1.807) is 32.2 Å². The van der Waals surface area contributed by atoms with Crippen molar-refractivity contribution in [1.29, 1.82) is 5.26 Å². The molecule has 22 heavy (non-hydrogen) atoms. The van der Waals surface area contributed by atoms with Gasteiger partial charge in [0.15, 0.2) is 6.19 Å². The van der Waals surface area contributed by atoms with E-state index in [1.165, 1.54) is 12.1 Å². The van der Waals surface area contributed by atoms with Gasteiger partial charge < -0.3 is 10.1 Å². The number of rotatable bonds is 3. The fourth-order valence-electron chi connectivity index (χ4n) is 2.15. The summed E-state index contributed by atoms with van der Waals surface area (Å²) in [6.45, 7) is 3.64. The second-order valence-corrected chi connectivity index (χ2v) is 4.55. The summed E-state index contributed by atoms with van der Waals surface area (Å²) in [5, 5.41) is 14.0. The van der Waals surface area contributed by atoms with Gasteiger partial charge in [-0.1, -0.05) is 12.1 Å². The van der Waals surface area contributed by atoms with Crippen molar-refractivity contribution in [2.75, 3.05) is 6.61 Å². The standard InChI is InChI=1S/C15H15FN4O2/c1-3-22-14(21)12-9(2)19-15(18-8-17)20-13(12)10-4-6-11(16)7-5-10/h4-7,13H,3H2,1-2H3,(H2,18,19,20)/t13-/m0/s1. The summed E-state index contributed by atoms with van der Waals surface area (Å²) in [7, 11) is 0. The van der Waals surface area contributed by atoms with E-state index in [9.17, 15) is 9.18 Å². The van der Waals surface area contributed by atoms with Gasteiger partial charge >= 0.3 is 5.97 Å². The number of aliphatic imine (C=N–C) groups is 1. The summed E-state index contributed by atoms with van der Waals surface area (Å²) in [6, 6.07) is 5.01. The Labute approximate surface area is 127 Å². The van der Waals surface area contributed by atoms with E-state index in [1.807, 2.05) is 0 Å². The second-order valence-electron chi connectivity index (χ2n) is 4.55. The lowest BCUT2D eigenvalue weighted by Gasteiger charge is -2.25. The van der Waals surface area contributed by atoms with Gasteiger partial charge in [-0.05, 0) is 31.5 Å². The zero-order valence-corrected chi connectivity index (χ0v) is 12.2. The Morgan fingerprint density at radius 3 is 2.77 bits per heavy atom. The first-order chi connectivity index (χ1) is 10.6. The van der Waals surface area contributed by atoms with Crippen LogP contribution in [-0.2, 0) is 9.53 Å². The maximum absolute atomic E-state index is 13.1. The molecule has 1 atom stereocenters. The smallest absolute Gasteiger partial charge is 0.338 e. The molecular weight excluding hydrogens is 287 g/mol. The van der Waals surface area contributed by atoms with Gasteiger partial charge in [-0.25, -0.2) is 14.2 Å². The fraction of sp³-hybridized carbons (Fsp3) is 0.267. The molecule has 1 aliphatic rings. The number of carbonyl (C=O) groups excluding carboxylic acids is 1. The number of nitrogens with zero attached hydrogens (tertiary/aromatic N) is 2.